The van der Waals surface area contributed by atoms with Gasteiger partial charge in [-0.1, -0.05) is 29.8 Å². The van der Waals surface area contributed by atoms with E-state index in [1.165, 1.54) is 0 Å². The number of benzene rings is 3. The summed E-state index contributed by atoms with van der Waals surface area (Å²) in [6.07, 6.45) is 1.59. The molecular weight excluding hydrogens is 400 g/mol. The zero-order valence-corrected chi connectivity index (χ0v) is 17.4. The van der Waals surface area contributed by atoms with Gasteiger partial charge in [0.2, 0.25) is 0 Å². The van der Waals surface area contributed by atoms with E-state index < -0.39 is 0 Å². The molecule has 1 heterocycles. The minimum atomic E-state index is 0.0677. The summed E-state index contributed by atoms with van der Waals surface area (Å²) in [6, 6.07) is 18.6. The number of aromatic nitrogens is 2. The van der Waals surface area contributed by atoms with Gasteiger partial charge in [0.25, 0.3) is 0 Å². The molecule has 0 unspecified atom stereocenters. The van der Waals surface area contributed by atoms with Gasteiger partial charge >= 0.3 is 0 Å². The molecule has 4 aromatic rings. The summed E-state index contributed by atoms with van der Waals surface area (Å²) < 4.78 is 11.8. The molecular formula is C24H21ClN2O3. The number of phenols is 1. The predicted octanol–water partition coefficient (Wildman–Crippen LogP) is 6.42. The smallest absolute Gasteiger partial charge is 0.173 e. The van der Waals surface area contributed by atoms with Crippen LogP contribution < -0.4 is 9.47 Å². The van der Waals surface area contributed by atoms with Crippen molar-refractivity contribution in [1.82, 2.24) is 10.2 Å². The quantitative estimate of drug-likeness (QED) is 0.377. The highest BCUT2D eigenvalue weighted by Gasteiger charge is 2.15. The Labute approximate surface area is 179 Å². The summed E-state index contributed by atoms with van der Waals surface area (Å²) in [5.41, 5.74) is 4.38. The van der Waals surface area contributed by atoms with Crippen molar-refractivity contribution >= 4 is 11.6 Å². The van der Waals surface area contributed by atoms with Gasteiger partial charge in [0.1, 0.15) is 29.5 Å². The molecule has 0 bridgehead atoms. The third kappa shape index (κ3) is 4.58. The van der Waals surface area contributed by atoms with E-state index in [1.807, 2.05) is 50.2 Å². The molecule has 0 fully saturated rings. The average Bonchev–Trinajstić information content (AvgIpc) is 3.14. The number of halogens is 1. The maximum Gasteiger partial charge on any atom is 0.173 e. The lowest BCUT2D eigenvalue weighted by Crippen LogP contribution is -1.95. The Morgan fingerprint density at radius 3 is 2.37 bits per heavy atom. The van der Waals surface area contributed by atoms with E-state index in [0.29, 0.717) is 34.4 Å². The molecule has 0 aliphatic carbocycles. The van der Waals surface area contributed by atoms with Crippen LogP contribution in [0.3, 0.4) is 0 Å². The lowest BCUT2D eigenvalue weighted by Gasteiger charge is -2.11. The molecule has 30 heavy (non-hydrogen) atoms. The zero-order valence-electron chi connectivity index (χ0n) is 16.6. The second kappa shape index (κ2) is 8.51. The molecule has 0 saturated carbocycles. The number of nitrogens with one attached hydrogen (secondary N) is 1. The summed E-state index contributed by atoms with van der Waals surface area (Å²) in [5.74, 6) is 1.88. The molecule has 1 aromatic heterocycles. The van der Waals surface area contributed by atoms with Gasteiger partial charge in [-0.05, 0) is 66.9 Å². The molecule has 5 nitrogen and oxygen atoms in total. The Balaban J connectivity index is 1.52. The van der Waals surface area contributed by atoms with Gasteiger partial charge in [-0.25, -0.2) is 0 Å². The first kappa shape index (κ1) is 19.9. The van der Waals surface area contributed by atoms with Crippen LogP contribution in [0.5, 0.6) is 23.0 Å². The summed E-state index contributed by atoms with van der Waals surface area (Å²) >= 11 is 5.90. The Morgan fingerprint density at radius 2 is 1.67 bits per heavy atom. The van der Waals surface area contributed by atoms with Crippen molar-refractivity contribution in [3.05, 3.63) is 88.6 Å². The molecule has 0 aliphatic heterocycles. The first-order valence-corrected chi connectivity index (χ1v) is 9.86. The van der Waals surface area contributed by atoms with Crippen molar-refractivity contribution in [1.29, 1.82) is 0 Å². The highest BCUT2D eigenvalue weighted by Crippen LogP contribution is 2.38. The van der Waals surface area contributed by atoms with Crippen molar-refractivity contribution in [3.8, 4) is 34.3 Å². The van der Waals surface area contributed by atoms with E-state index in [4.69, 9.17) is 21.1 Å². The topological polar surface area (TPSA) is 67.4 Å². The van der Waals surface area contributed by atoms with Gasteiger partial charge in [0.05, 0.1) is 6.20 Å². The third-order valence-electron chi connectivity index (χ3n) is 4.58. The van der Waals surface area contributed by atoms with Crippen LogP contribution in [-0.2, 0) is 6.61 Å². The lowest BCUT2D eigenvalue weighted by molar-refractivity contribution is 0.304. The minimum Gasteiger partial charge on any atom is -0.507 e. The van der Waals surface area contributed by atoms with E-state index in [-0.39, 0.29) is 5.75 Å². The van der Waals surface area contributed by atoms with E-state index in [1.54, 1.807) is 24.4 Å². The fraction of sp³-hybridized carbons (Fsp3) is 0.125. The van der Waals surface area contributed by atoms with Gasteiger partial charge in [0, 0.05) is 16.7 Å². The monoisotopic (exact) mass is 420 g/mol. The summed E-state index contributed by atoms with van der Waals surface area (Å²) in [7, 11) is 0. The van der Waals surface area contributed by atoms with Gasteiger partial charge in [-0.2, -0.15) is 5.10 Å². The minimum absolute atomic E-state index is 0.0677. The number of ether oxygens (including phenoxy) is 2. The maximum atomic E-state index is 10.6. The van der Waals surface area contributed by atoms with Crippen LogP contribution in [0.2, 0.25) is 5.02 Å². The summed E-state index contributed by atoms with van der Waals surface area (Å²) in [6.45, 7) is 4.41. The number of aryl methyl sites for hydroxylation is 2. The maximum absolute atomic E-state index is 10.6. The fourth-order valence-electron chi connectivity index (χ4n) is 3.22. The number of H-pyrrole nitrogens is 1. The molecule has 0 aliphatic rings. The summed E-state index contributed by atoms with van der Waals surface area (Å²) in [4.78, 5) is 0. The number of rotatable bonds is 6. The summed E-state index contributed by atoms with van der Waals surface area (Å²) in [5, 5.41) is 18.2. The molecule has 3 aromatic carbocycles. The predicted molar refractivity (Wildman–Crippen MR) is 117 cm³/mol. The van der Waals surface area contributed by atoms with Crippen LogP contribution >= 0.6 is 11.6 Å². The van der Waals surface area contributed by atoms with E-state index in [9.17, 15) is 5.11 Å². The van der Waals surface area contributed by atoms with Crippen molar-refractivity contribution < 1.29 is 14.6 Å². The van der Waals surface area contributed by atoms with Crippen molar-refractivity contribution in [2.45, 2.75) is 20.5 Å². The highest BCUT2D eigenvalue weighted by atomic mass is 35.5. The average molecular weight is 421 g/mol. The van der Waals surface area contributed by atoms with E-state index in [0.717, 1.165) is 22.4 Å². The Morgan fingerprint density at radius 1 is 0.933 bits per heavy atom. The number of hydrogen-bond donors (Lipinski definition) is 2. The molecule has 0 radical (unpaired) electrons. The largest absolute Gasteiger partial charge is 0.507 e. The number of hydrogen-bond acceptors (Lipinski definition) is 4. The second-order valence-electron chi connectivity index (χ2n) is 7.13. The van der Waals surface area contributed by atoms with Crippen LogP contribution in [0.25, 0.3) is 11.3 Å². The lowest BCUT2D eigenvalue weighted by atomic mass is 10.1. The molecule has 6 heteroatoms. The molecule has 4 rings (SSSR count). The molecule has 0 amide bonds. The Hall–Kier alpha value is -3.44. The van der Waals surface area contributed by atoms with Crippen LogP contribution in [0.4, 0.5) is 0 Å². The second-order valence-corrected chi connectivity index (χ2v) is 7.57. The number of phenolic OH excluding ortho intramolecular Hbond substituents is 1. The fourth-order valence-corrected chi connectivity index (χ4v) is 3.35. The SMILES string of the molecule is Cc1cc(C)cc(Oc2cn[nH]c2-c2ccc(OCc3ccc(Cl)cc3)cc2O)c1. The molecule has 0 saturated heterocycles. The number of nitrogens with zero attached hydrogens (tertiary/aromatic N) is 1. The van der Waals surface area contributed by atoms with Crippen LogP contribution in [-0.4, -0.2) is 15.3 Å². The van der Waals surface area contributed by atoms with E-state index >= 15 is 0 Å². The van der Waals surface area contributed by atoms with Crippen molar-refractivity contribution in [3.63, 3.8) is 0 Å². The van der Waals surface area contributed by atoms with Crippen LogP contribution in [0.1, 0.15) is 16.7 Å². The zero-order chi connectivity index (χ0) is 21.1. The number of aromatic amines is 1. The Bertz CT molecular complexity index is 1150. The third-order valence-corrected chi connectivity index (χ3v) is 4.84. The van der Waals surface area contributed by atoms with Crippen LogP contribution in [0.15, 0.2) is 66.9 Å². The highest BCUT2D eigenvalue weighted by molar-refractivity contribution is 6.30. The molecule has 152 valence electrons. The standard InChI is InChI=1S/C24H21ClN2O3/c1-15-9-16(2)11-20(10-15)30-23-13-26-27-24(23)21-8-7-19(12-22(21)28)29-14-17-3-5-18(25)6-4-17/h3-13,28H,14H2,1-2H3,(H,26,27). The first-order valence-electron chi connectivity index (χ1n) is 9.48. The van der Waals surface area contributed by atoms with Gasteiger partial charge < -0.3 is 14.6 Å². The Kier molecular flexibility index (Phi) is 5.63. The van der Waals surface area contributed by atoms with Crippen LogP contribution in [0, 0.1) is 13.8 Å². The number of aromatic hydroxyl groups is 1. The normalized spacial score (nSPS) is 10.8. The van der Waals surface area contributed by atoms with Crippen molar-refractivity contribution in [2.75, 3.05) is 0 Å². The molecule has 2 N–H and O–H groups in total. The first-order chi connectivity index (χ1) is 14.5. The van der Waals surface area contributed by atoms with Gasteiger partial charge in [-0.3, -0.25) is 5.10 Å². The molecule has 0 atom stereocenters. The van der Waals surface area contributed by atoms with E-state index in [2.05, 4.69) is 16.3 Å². The van der Waals surface area contributed by atoms with Crippen molar-refractivity contribution in [2.24, 2.45) is 0 Å². The molecule has 0 spiro atoms. The van der Waals surface area contributed by atoms with Gasteiger partial charge in [0.15, 0.2) is 5.75 Å². The van der Waals surface area contributed by atoms with Gasteiger partial charge in [-0.15, -0.1) is 0 Å².